The molecule has 1 aromatic carbocycles. The summed E-state index contributed by atoms with van der Waals surface area (Å²) < 4.78 is 17.9. The molecule has 0 aromatic heterocycles. The highest BCUT2D eigenvalue weighted by atomic mass is 79.9. The van der Waals surface area contributed by atoms with Crippen LogP contribution in [0.1, 0.15) is 24.2 Å². The highest BCUT2D eigenvalue weighted by molar-refractivity contribution is 9.10. The number of carbonyl (C=O) groups excluding carboxylic acids is 2. The topological polar surface area (TPSA) is 55.4 Å². The van der Waals surface area contributed by atoms with Gasteiger partial charge in [-0.15, -0.1) is 0 Å². The summed E-state index contributed by atoms with van der Waals surface area (Å²) in [6.45, 7) is 3.01. The normalized spacial score (nSPS) is 10.9. The van der Waals surface area contributed by atoms with Crippen LogP contribution in [0, 0.1) is 5.82 Å². The van der Waals surface area contributed by atoms with Gasteiger partial charge in [0.05, 0.1) is 17.1 Å². The van der Waals surface area contributed by atoms with Crippen molar-refractivity contribution in [3.8, 4) is 0 Å². The molecular weight excluding hydrogens is 305 g/mol. The van der Waals surface area contributed by atoms with E-state index in [1.54, 1.807) is 0 Å². The maximum absolute atomic E-state index is 13.3. The van der Waals surface area contributed by atoms with Crippen LogP contribution in [0.2, 0.25) is 0 Å². The van der Waals surface area contributed by atoms with Crippen molar-refractivity contribution in [3.63, 3.8) is 0 Å². The highest BCUT2D eigenvalue weighted by Crippen LogP contribution is 2.21. The van der Waals surface area contributed by atoms with Crippen molar-refractivity contribution >= 4 is 27.8 Å². The zero-order valence-corrected chi connectivity index (χ0v) is 11.8. The van der Waals surface area contributed by atoms with Crippen LogP contribution >= 0.6 is 15.9 Å². The zero-order chi connectivity index (χ0) is 13.9. The van der Waals surface area contributed by atoms with Crippen molar-refractivity contribution in [2.45, 2.75) is 19.4 Å². The van der Waals surface area contributed by atoms with Crippen LogP contribution in [-0.4, -0.2) is 24.5 Å². The molecule has 0 unspecified atom stereocenters. The lowest BCUT2D eigenvalue weighted by Gasteiger charge is -2.23. The molecule has 1 rings (SSSR count). The molecule has 0 aliphatic carbocycles. The molecule has 0 atom stereocenters. The molecule has 6 heteroatoms. The minimum Gasteiger partial charge on any atom is -0.467 e. The maximum atomic E-state index is 13.3. The van der Waals surface area contributed by atoms with E-state index in [1.807, 2.05) is 0 Å². The van der Waals surface area contributed by atoms with Crippen LogP contribution in [0.3, 0.4) is 0 Å². The molecule has 1 N–H and O–H groups in total. The molecule has 0 aliphatic heterocycles. The second-order valence-corrected chi connectivity index (χ2v) is 4.97. The average Bonchev–Trinajstić information content (AvgIpc) is 2.30. The molecule has 0 saturated heterocycles. The molecule has 0 radical (unpaired) electrons. The van der Waals surface area contributed by atoms with E-state index in [2.05, 4.69) is 26.0 Å². The van der Waals surface area contributed by atoms with Gasteiger partial charge in [0.2, 0.25) is 0 Å². The van der Waals surface area contributed by atoms with Gasteiger partial charge in [0, 0.05) is 0 Å². The summed E-state index contributed by atoms with van der Waals surface area (Å²) in [5.41, 5.74) is -1.07. The van der Waals surface area contributed by atoms with Gasteiger partial charge >= 0.3 is 5.97 Å². The SMILES string of the molecule is COC(=O)C(C)(C)NC(=O)c1cccc(F)c1Br. The van der Waals surface area contributed by atoms with Gasteiger partial charge in [-0.25, -0.2) is 9.18 Å². The summed E-state index contributed by atoms with van der Waals surface area (Å²) >= 11 is 2.99. The highest BCUT2D eigenvalue weighted by Gasteiger charge is 2.31. The minimum atomic E-state index is -1.18. The number of benzene rings is 1. The molecule has 1 aromatic rings. The Balaban J connectivity index is 2.96. The largest absolute Gasteiger partial charge is 0.467 e. The van der Waals surface area contributed by atoms with Gasteiger partial charge in [0.15, 0.2) is 0 Å². The Morgan fingerprint density at radius 2 is 2.00 bits per heavy atom. The van der Waals surface area contributed by atoms with Crippen molar-refractivity contribution in [2.75, 3.05) is 7.11 Å². The average molecular weight is 318 g/mol. The van der Waals surface area contributed by atoms with Crippen molar-refractivity contribution < 1.29 is 18.7 Å². The Kier molecular flexibility index (Phi) is 4.45. The molecule has 0 heterocycles. The molecule has 0 fully saturated rings. The van der Waals surface area contributed by atoms with Crippen molar-refractivity contribution in [1.29, 1.82) is 0 Å². The standard InChI is InChI=1S/C12H13BrFNO3/c1-12(2,11(17)18-3)15-10(16)7-5-4-6-8(14)9(7)13/h4-6H,1-3H3,(H,15,16). The van der Waals surface area contributed by atoms with E-state index in [1.165, 1.54) is 39.2 Å². The number of esters is 1. The molecule has 98 valence electrons. The number of hydrogen-bond donors (Lipinski definition) is 1. The summed E-state index contributed by atoms with van der Waals surface area (Å²) in [7, 11) is 1.23. The van der Waals surface area contributed by atoms with Crippen LogP contribution in [0.15, 0.2) is 22.7 Å². The first-order chi connectivity index (χ1) is 8.29. The molecular formula is C12H13BrFNO3. The first-order valence-electron chi connectivity index (χ1n) is 5.14. The first-order valence-corrected chi connectivity index (χ1v) is 5.94. The third-order valence-electron chi connectivity index (χ3n) is 2.32. The van der Waals surface area contributed by atoms with Gasteiger partial charge in [-0.05, 0) is 41.9 Å². The Hall–Kier alpha value is -1.43. The van der Waals surface area contributed by atoms with Crippen molar-refractivity contribution in [2.24, 2.45) is 0 Å². The number of ether oxygens (including phenoxy) is 1. The predicted molar refractivity (Wildman–Crippen MR) is 67.7 cm³/mol. The van der Waals surface area contributed by atoms with E-state index >= 15 is 0 Å². The third-order valence-corrected chi connectivity index (χ3v) is 3.12. The Morgan fingerprint density at radius 3 is 2.56 bits per heavy atom. The number of hydrogen-bond acceptors (Lipinski definition) is 3. The quantitative estimate of drug-likeness (QED) is 0.870. The fourth-order valence-corrected chi connectivity index (χ4v) is 1.78. The Labute approximate surface area is 113 Å². The van der Waals surface area contributed by atoms with Crippen LogP contribution < -0.4 is 5.32 Å². The van der Waals surface area contributed by atoms with Gasteiger partial charge in [-0.3, -0.25) is 4.79 Å². The van der Waals surface area contributed by atoms with Gasteiger partial charge in [0.25, 0.3) is 5.91 Å². The number of rotatable bonds is 3. The van der Waals surface area contributed by atoms with Gasteiger partial charge < -0.3 is 10.1 Å². The monoisotopic (exact) mass is 317 g/mol. The van der Waals surface area contributed by atoms with Crippen LogP contribution in [0.4, 0.5) is 4.39 Å². The molecule has 0 saturated carbocycles. The summed E-state index contributed by atoms with van der Waals surface area (Å²) in [6.07, 6.45) is 0. The second-order valence-electron chi connectivity index (χ2n) is 4.17. The summed E-state index contributed by atoms with van der Waals surface area (Å²) in [5.74, 6) is -1.68. The van der Waals surface area contributed by atoms with Gasteiger partial charge in [-0.2, -0.15) is 0 Å². The van der Waals surface area contributed by atoms with E-state index in [0.717, 1.165) is 0 Å². The second kappa shape index (κ2) is 5.48. The summed E-state index contributed by atoms with van der Waals surface area (Å²) in [4.78, 5) is 23.4. The lowest BCUT2D eigenvalue weighted by molar-refractivity contribution is -0.146. The Morgan fingerprint density at radius 1 is 1.39 bits per heavy atom. The summed E-state index contributed by atoms with van der Waals surface area (Å²) in [5, 5.41) is 2.48. The van der Waals surface area contributed by atoms with Gasteiger partial charge in [0.1, 0.15) is 11.4 Å². The molecule has 1 amide bonds. The van der Waals surface area contributed by atoms with Crippen LogP contribution in [0.5, 0.6) is 0 Å². The van der Waals surface area contributed by atoms with E-state index < -0.39 is 23.2 Å². The number of methoxy groups -OCH3 is 1. The Bertz CT molecular complexity index is 488. The maximum Gasteiger partial charge on any atom is 0.330 e. The smallest absolute Gasteiger partial charge is 0.330 e. The van der Waals surface area contributed by atoms with Crippen LogP contribution in [0.25, 0.3) is 0 Å². The zero-order valence-electron chi connectivity index (χ0n) is 10.2. The number of carbonyl (C=O) groups is 2. The molecule has 0 aliphatic rings. The lowest BCUT2D eigenvalue weighted by atomic mass is 10.1. The predicted octanol–water partition coefficient (Wildman–Crippen LogP) is 2.27. The molecule has 18 heavy (non-hydrogen) atoms. The molecule has 0 bridgehead atoms. The number of amides is 1. The van der Waals surface area contributed by atoms with Crippen LogP contribution in [-0.2, 0) is 9.53 Å². The third kappa shape index (κ3) is 3.07. The van der Waals surface area contributed by atoms with Crippen molar-refractivity contribution in [1.82, 2.24) is 5.32 Å². The fraction of sp³-hybridized carbons (Fsp3) is 0.333. The minimum absolute atomic E-state index is 0.0585. The number of nitrogens with one attached hydrogen (secondary N) is 1. The van der Waals surface area contributed by atoms with E-state index in [-0.39, 0.29) is 10.0 Å². The van der Waals surface area contributed by atoms with E-state index in [4.69, 9.17) is 0 Å². The van der Waals surface area contributed by atoms with Gasteiger partial charge in [-0.1, -0.05) is 6.07 Å². The number of halogens is 2. The summed E-state index contributed by atoms with van der Waals surface area (Å²) in [6, 6.07) is 4.10. The lowest BCUT2D eigenvalue weighted by Crippen LogP contribution is -2.50. The van der Waals surface area contributed by atoms with Crippen molar-refractivity contribution in [3.05, 3.63) is 34.1 Å². The van der Waals surface area contributed by atoms with E-state index in [9.17, 15) is 14.0 Å². The fourth-order valence-electron chi connectivity index (χ4n) is 1.34. The van der Waals surface area contributed by atoms with E-state index in [0.29, 0.717) is 0 Å². The first kappa shape index (κ1) is 14.6. The molecule has 4 nitrogen and oxygen atoms in total. The molecule has 0 spiro atoms.